The first-order chi connectivity index (χ1) is 4.66. The Kier molecular flexibility index (Phi) is 5.32. The van der Waals surface area contributed by atoms with E-state index in [-0.39, 0.29) is 6.42 Å². The summed E-state index contributed by atoms with van der Waals surface area (Å²) in [5.41, 5.74) is 0. The molecule has 3 nitrogen and oxygen atoms in total. The van der Waals surface area contributed by atoms with Crippen LogP contribution in [0.2, 0.25) is 0 Å². The zero-order valence-electron chi connectivity index (χ0n) is 6.09. The molecular weight excluding hydrogens is 151 g/mol. The normalized spacial score (nSPS) is 12.9. The maximum Gasteiger partial charge on any atom is 0.303 e. The Bertz CT molecular complexity index is 133. The van der Waals surface area contributed by atoms with Crippen LogP contribution in [0.3, 0.4) is 0 Å². The van der Waals surface area contributed by atoms with Crippen LogP contribution in [-0.2, 0) is 9.36 Å². The van der Waals surface area contributed by atoms with Gasteiger partial charge in [-0.25, -0.2) is 0 Å². The fourth-order valence-corrected chi connectivity index (χ4v) is 1.54. The Morgan fingerprint density at radius 1 is 1.60 bits per heavy atom. The van der Waals surface area contributed by atoms with Gasteiger partial charge in [-0.1, -0.05) is 6.92 Å². The predicted molar refractivity (Wildman–Crippen MR) is 41.3 cm³/mol. The molecule has 0 saturated heterocycles. The van der Waals surface area contributed by atoms with Crippen LogP contribution in [0.25, 0.3) is 0 Å². The molecule has 0 rings (SSSR count). The minimum Gasteiger partial charge on any atom is -0.481 e. The van der Waals surface area contributed by atoms with Crippen molar-refractivity contribution in [2.75, 3.05) is 12.3 Å². The van der Waals surface area contributed by atoms with Crippen molar-refractivity contribution in [2.24, 2.45) is 0 Å². The van der Waals surface area contributed by atoms with E-state index in [2.05, 4.69) is 0 Å². The lowest BCUT2D eigenvalue weighted by atomic mass is 10.3. The first kappa shape index (κ1) is 9.70. The van der Waals surface area contributed by atoms with Gasteiger partial charge in [-0.05, 0) is 18.7 Å². The molecule has 1 unspecified atom stereocenters. The van der Waals surface area contributed by atoms with Crippen LogP contribution in [0.15, 0.2) is 0 Å². The molecule has 1 atom stereocenters. The molecule has 0 spiro atoms. The molecule has 0 fully saturated rings. The van der Waals surface area contributed by atoms with Gasteiger partial charge in [0.1, 0.15) is 0 Å². The molecule has 0 amide bonds. The fraction of sp³-hybridized carbons (Fsp3) is 0.833. The largest absolute Gasteiger partial charge is 0.481 e. The molecule has 0 aromatic rings. The third-order valence-corrected chi connectivity index (χ3v) is 2.94. The third-order valence-electron chi connectivity index (χ3n) is 1.24. The van der Waals surface area contributed by atoms with Gasteiger partial charge in [0, 0.05) is 6.42 Å². The van der Waals surface area contributed by atoms with Gasteiger partial charge in [0.25, 0.3) is 0 Å². The van der Waals surface area contributed by atoms with Gasteiger partial charge in [-0.15, -0.1) is 0 Å². The minimum absolute atomic E-state index is 0.149. The number of hydrogen-bond acceptors (Lipinski definition) is 2. The molecule has 0 aromatic carbocycles. The lowest BCUT2D eigenvalue weighted by Crippen LogP contribution is -1.94. The maximum absolute atomic E-state index is 10.8. The second-order valence-electron chi connectivity index (χ2n) is 2.14. The number of carbonyl (C=O) groups is 1. The molecule has 0 aromatic heterocycles. The summed E-state index contributed by atoms with van der Waals surface area (Å²) in [4.78, 5) is 9.98. The monoisotopic (exact) mass is 164 g/mol. The van der Waals surface area contributed by atoms with Crippen LogP contribution in [0.1, 0.15) is 19.8 Å². The quantitative estimate of drug-likeness (QED) is 0.625. The SMILES string of the molecule is CC[PH](=O)CCCC(=O)O. The van der Waals surface area contributed by atoms with Crippen LogP contribution in [-0.4, -0.2) is 23.4 Å². The lowest BCUT2D eigenvalue weighted by molar-refractivity contribution is -0.137. The summed E-state index contributed by atoms with van der Waals surface area (Å²) in [5.74, 6) is -0.800. The third kappa shape index (κ3) is 5.83. The van der Waals surface area contributed by atoms with E-state index in [1.807, 2.05) is 6.92 Å². The molecule has 0 aliphatic carbocycles. The summed E-state index contributed by atoms with van der Waals surface area (Å²) in [6, 6.07) is 0. The van der Waals surface area contributed by atoms with Crippen molar-refractivity contribution in [1.29, 1.82) is 0 Å². The average Bonchev–Trinajstić information content (AvgIpc) is 1.87. The predicted octanol–water partition coefficient (Wildman–Crippen LogP) is 1.43. The van der Waals surface area contributed by atoms with Crippen LogP contribution in [0, 0.1) is 0 Å². The molecule has 10 heavy (non-hydrogen) atoms. The first-order valence-corrected chi connectivity index (χ1v) is 5.22. The van der Waals surface area contributed by atoms with Crippen LogP contribution < -0.4 is 0 Å². The van der Waals surface area contributed by atoms with Gasteiger partial charge >= 0.3 is 5.97 Å². The topological polar surface area (TPSA) is 54.4 Å². The second-order valence-corrected chi connectivity index (χ2v) is 4.42. The summed E-state index contributed by atoms with van der Waals surface area (Å²) in [7, 11) is -1.44. The van der Waals surface area contributed by atoms with Crippen LogP contribution in [0.5, 0.6) is 0 Å². The van der Waals surface area contributed by atoms with Crippen molar-refractivity contribution in [1.82, 2.24) is 0 Å². The van der Waals surface area contributed by atoms with Gasteiger partial charge in [-0.3, -0.25) is 4.79 Å². The summed E-state index contributed by atoms with van der Waals surface area (Å²) < 4.78 is 10.8. The Hall–Kier alpha value is -0.300. The number of carboxylic acid groups (broad SMARTS) is 1. The molecular formula is C6H13O3P. The van der Waals surface area contributed by atoms with E-state index in [0.29, 0.717) is 18.7 Å². The van der Waals surface area contributed by atoms with Crippen molar-refractivity contribution >= 4 is 13.8 Å². The van der Waals surface area contributed by atoms with E-state index in [1.165, 1.54) is 0 Å². The van der Waals surface area contributed by atoms with E-state index in [9.17, 15) is 9.36 Å². The van der Waals surface area contributed by atoms with Crippen molar-refractivity contribution < 1.29 is 14.5 Å². The highest BCUT2D eigenvalue weighted by Crippen LogP contribution is 2.20. The fourth-order valence-electron chi connectivity index (χ4n) is 0.614. The minimum atomic E-state index is -1.44. The number of hydrogen-bond donors (Lipinski definition) is 1. The summed E-state index contributed by atoms with van der Waals surface area (Å²) >= 11 is 0. The highest BCUT2D eigenvalue weighted by Gasteiger charge is 1.99. The highest BCUT2D eigenvalue weighted by molar-refractivity contribution is 7.44. The van der Waals surface area contributed by atoms with E-state index >= 15 is 0 Å². The van der Waals surface area contributed by atoms with E-state index in [0.717, 1.165) is 0 Å². The molecule has 60 valence electrons. The van der Waals surface area contributed by atoms with Gasteiger partial charge in [0.2, 0.25) is 0 Å². The smallest absolute Gasteiger partial charge is 0.303 e. The van der Waals surface area contributed by atoms with E-state index in [4.69, 9.17) is 5.11 Å². The Labute approximate surface area is 61.2 Å². The highest BCUT2D eigenvalue weighted by atomic mass is 31.1. The van der Waals surface area contributed by atoms with Crippen molar-refractivity contribution in [3.63, 3.8) is 0 Å². The van der Waals surface area contributed by atoms with Gasteiger partial charge in [0.15, 0.2) is 0 Å². The van der Waals surface area contributed by atoms with Crippen LogP contribution >= 0.6 is 7.80 Å². The van der Waals surface area contributed by atoms with Gasteiger partial charge in [-0.2, -0.15) is 0 Å². The summed E-state index contributed by atoms with van der Waals surface area (Å²) in [5, 5.41) is 8.21. The molecule has 1 N–H and O–H groups in total. The molecule has 0 saturated carbocycles. The first-order valence-electron chi connectivity index (χ1n) is 3.40. The van der Waals surface area contributed by atoms with Crippen LogP contribution in [0.4, 0.5) is 0 Å². The van der Waals surface area contributed by atoms with E-state index < -0.39 is 13.8 Å². The van der Waals surface area contributed by atoms with Gasteiger partial charge in [0.05, 0.1) is 7.80 Å². The number of carboxylic acids is 1. The van der Waals surface area contributed by atoms with Crippen molar-refractivity contribution in [3.05, 3.63) is 0 Å². The Morgan fingerprint density at radius 3 is 2.60 bits per heavy atom. The molecule has 4 heteroatoms. The standard InChI is InChI=1S/C6H13O3P/c1-2-10(9)5-3-4-6(7)8/h10H,2-5H2,1H3,(H,7,8). The lowest BCUT2D eigenvalue weighted by Gasteiger charge is -1.94. The van der Waals surface area contributed by atoms with Gasteiger partial charge < -0.3 is 9.67 Å². The average molecular weight is 164 g/mol. The Morgan fingerprint density at radius 2 is 2.20 bits per heavy atom. The molecule has 0 heterocycles. The molecule has 0 aliphatic rings. The molecule has 0 radical (unpaired) electrons. The number of rotatable bonds is 5. The molecule has 0 aliphatic heterocycles. The summed E-state index contributed by atoms with van der Waals surface area (Å²) in [6.45, 7) is 1.86. The number of aliphatic carboxylic acids is 1. The van der Waals surface area contributed by atoms with E-state index in [1.54, 1.807) is 0 Å². The zero-order chi connectivity index (χ0) is 7.98. The Balaban J connectivity index is 3.20. The second kappa shape index (κ2) is 5.48. The zero-order valence-corrected chi connectivity index (χ0v) is 7.09. The maximum atomic E-state index is 10.8. The van der Waals surface area contributed by atoms with Crippen molar-refractivity contribution in [2.45, 2.75) is 19.8 Å². The van der Waals surface area contributed by atoms with Crippen molar-refractivity contribution in [3.8, 4) is 0 Å². The molecule has 0 bridgehead atoms. The summed E-state index contributed by atoms with van der Waals surface area (Å²) in [6.07, 6.45) is 2.00.